The smallest absolute Gasteiger partial charge is 0.304 e. The van der Waals surface area contributed by atoms with E-state index >= 15 is 0 Å². The number of hydrogen-bond donors (Lipinski definition) is 1. The normalized spacial score (nSPS) is 15.0. The predicted molar refractivity (Wildman–Crippen MR) is 148 cm³/mol. The highest BCUT2D eigenvalue weighted by molar-refractivity contribution is 7.90. The first-order chi connectivity index (χ1) is 17.5. The average molecular weight is 529 g/mol. The SMILES string of the molecule is Cc1ccc(C)c(N(CC(=O)N(CCc2ccccc2)[C@@H](C)C(=O)NC2CCCC2)S(=O)(=O)N(C)C)c1. The van der Waals surface area contributed by atoms with E-state index < -0.39 is 28.7 Å². The molecule has 0 radical (unpaired) electrons. The van der Waals surface area contributed by atoms with E-state index in [9.17, 15) is 18.0 Å². The van der Waals surface area contributed by atoms with E-state index in [0.29, 0.717) is 18.7 Å². The molecule has 0 bridgehead atoms. The molecule has 2 aromatic carbocycles. The second-order valence-corrected chi connectivity index (χ2v) is 12.1. The van der Waals surface area contributed by atoms with Crippen LogP contribution in [0.1, 0.15) is 49.3 Å². The summed E-state index contributed by atoms with van der Waals surface area (Å²) in [5.41, 5.74) is 3.12. The molecule has 1 atom stereocenters. The van der Waals surface area contributed by atoms with Gasteiger partial charge in [0.2, 0.25) is 11.8 Å². The zero-order valence-corrected chi connectivity index (χ0v) is 23.4. The Balaban J connectivity index is 1.91. The molecule has 8 nitrogen and oxygen atoms in total. The quantitative estimate of drug-likeness (QED) is 0.484. The van der Waals surface area contributed by atoms with Crippen LogP contribution >= 0.6 is 0 Å². The standard InChI is InChI=1S/C28H40N4O4S/c1-21-15-16-22(2)26(19-21)32(37(35,36)30(4)5)20-27(33)31(18-17-24-11-7-6-8-12-24)23(3)28(34)29-25-13-9-10-14-25/h6-8,11-12,15-16,19,23,25H,9-10,13-14,17-18,20H2,1-5H3,(H,29,34)/t23-/m0/s1. The van der Waals surface area contributed by atoms with E-state index in [2.05, 4.69) is 5.32 Å². The van der Waals surface area contributed by atoms with Crippen LogP contribution in [0.4, 0.5) is 5.69 Å². The number of rotatable bonds is 11. The van der Waals surface area contributed by atoms with Crippen molar-refractivity contribution < 1.29 is 18.0 Å². The molecule has 1 aliphatic rings. The van der Waals surface area contributed by atoms with Crippen molar-refractivity contribution in [3.8, 4) is 0 Å². The first-order valence-electron chi connectivity index (χ1n) is 12.9. The number of anilines is 1. The third-order valence-corrected chi connectivity index (χ3v) is 8.81. The molecule has 0 aromatic heterocycles. The van der Waals surface area contributed by atoms with Gasteiger partial charge in [0, 0.05) is 26.7 Å². The third kappa shape index (κ3) is 7.32. The maximum Gasteiger partial charge on any atom is 0.304 e. The Kier molecular flexibility index (Phi) is 9.73. The van der Waals surface area contributed by atoms with Crippen LogP contribution in [0.3, 0.4) is 0 Å². The van der Waals surface area contributed by atoms with Crippen LogP contribution in [-0.2, 0) is 26.2 Å². The molecule has 1 fully saturated rings. The van der Waals surface area contributed by atoms with Gasteiger partial charge in [0.1, 0.15) is 12.6 Å². The van der Waals surface area contributed by atoms with Gasteiger partial charge in [-0.1, -0.05) is 55.3 Å². The maximum atomic E-state index is 13.8. The monoisotopic (exact) mass is 528 g/mol. The molecule has 9 heteroatoms. The molecular weight excluding hydrogens is 488 g/mol. The molecule has 0 unspecified atom stereocenters. The fourth-order valence-corrected chi connectivity index (χ4v) is 5.77. The van der Waals surface area contributed by atoms with E-state index in [1.54, 1.807) is 13.0 Å². The molecule has 1 saturated carbocycles. The number of carbonyl (C=O) groups excluding carboxylic acids is 2. The number of benzene rings is 2. The summed E-state index contributed by atoms with van der Waals surface area (Å²) in [6, 6.07) is 14.7. The molecule has 2 amide bonds. The van der Waals surface area contributed by atoms with Crippen LogP contribution in [-0.4, -0.2) is 68.7 Å². The van der Waals surface area contributed by atoms with Gasteiger partial charge < -0.3 is 10.2 Å². The summed E-state index contributed by atoms with van der Waals surface area (Å²) in [5.74, 6) is -0.626. The molecule has 2 aromatic rings. The minimum atomic E-state index is -3.97. The summed E-state index contributed by atoms with van der Waals surface area (Å²) in [4.78, 5) is 28.5. The summed E-state index contributed by atoms with van der Waals surface area (Å²) in [7, 11) is -1.08. The Morgan fingerprint density at radius 1 is 1.03 bits per heavy atom. The number of amides is 2. The van der Waals surface area contributed by atoms with Crippen molar-refractivity contribution >= 4 is 27.7 Å². The van der Waals surface area contributed by atoms with E-state index in [4.69, 9.17) is 0 Å². The minimum Gasteiger partial charge on any atom is -0.352 e. The molecule has 0 saturated heterocycles. The van der Waals surface area contributed by atoms with Gasteiger partial charge in [0.05, 0.1) is 5.69 Å². The minimum absolute atomic E-state index is 0.126. The zero-order valence-electron chi connectivity index (χ0n) is 22.6. The Labute approximate surface area is 221 Å². The lowest BCUT2D eigenvalue weighted by molar-refractivity contribution is -0.139. The van der Waals surface area contributed by atoms with Crippen molar-refractivity contribution in [2.24, 2.45) is 0 Å². The highest BCUT2D eigenvalue weighted by Crippen LogP contribution is 2.26. The number of nitrogens with zero attached hydrogens (tertiary/aromatic N) is 3. The molecule has 202 valence electrons. The zero-order chi connectivity index (χ0) is 27.2. The Morgan fingerprint density at radius 3 is 2.30 bits per heavy atom. The first kappa shape index (κ1) is 28.7. The fourth-order valence-electron chi connectivity index (χ4n) is 4.65. The summed E-state index contributed by atoms with van der Waals surface area (Å²) < 4.78 is 29.0. The van der Waals surface area contributed by atoms with Crippen LogP contribution in [0.25, 0.3) is 0 Å². The van der Waals surface area contributed by atoms with Crippen molar-refractivity contribution in [2.45, 2.75) is 65.0 Å². The number of hydrogen-bond acceptors (Lipinski definition) is 4. The van der Waals surface area contributed by atoms with E-state index in [1.165, 1.54) is 19.0 Å². The van der Waals surface area contributed by atoms with Gasteiger partial charge in [-0.15, -0.1) is 0 Å². The molecule has 1 aliphatic carbocycles. The molecule has 0 aliphatic heterocycles. The molecule has 0 heterocycles. The topological polar surface area (TPSA) is 90.0 Å². The van der Waals surface area contributed by atoms with Crippen molar-refractivity contribution in [2.75, 3.05) is 31.5 Å². The second-order valence-electron chi connectivity index (χ2n) is 10.1. The molecule has 1 N–H and O–H groups in total. The summed E-state index contributed by atoms with van der Waals surface area (Å²) >= 11 is 0. The molecule has 0 spiro atoms. The molecule has 3 rings (SSSR count). The van der Waals surface area contributed by atoms with Crippen molar-refractivity contribution in [1.29, 1.82) is 0 Å². The van der Waals surface area contributed by atoms with Crippen LogP contribution in [0.15, 0.2) is 48.5 Å². The van der Waals surface area contributed by atoms with Gasteiger partial charge in [-0.2, -0.15) is 12.7 Å². The first-order valence-corrected chi connectivity index (χ1v) is 14.3. The van der Waals surface area contributed by atoms with Gasteiger partial charge in [0.25, 0.3) is 0 Å². The van der Waals surface area contributed by atoms with E-state index in [-0.39, 0.29) is 11.9 Å². The number of carbonyl (C=O) groups is 2. The number of nitrogens with one attached hydrogen (secondary N) is 1. The van der Waals surface area contributed by atoms with Gasteiger partial charge >= 0.3 is 10.2 Å². The highest BCUT2D eigenvalue weighted by atomic mass is 32.2. The van der Waals surface area contributed by atoms with Gasteiger partial charge in [-0.3, -0.25) is 9.59 Å². The Morgan fingerprint density at radius 2 is 1.68 bits per heavy atom. The van der Waals surface area contributed by atoms with Gasteiger partial charge in [-0.05, 0) is 62.8 Å². The lowest BCUT2D eigenvalue weighted by atomic mass is 10.1. The molecule has 37 heavy (non-hydrogen) atoms. The Hall–Kier alpha value is -2.91. The number of aryl methyl sites for hydroxylation is 2. The largest absolute Gasteiger partial charge is 0.352 e. The predicted octanol–water partition coefficient (Wildman–Crippen LogP) is 3.43. The van der Waals surface area contributed by atoms with Crippen molar-refractivity contribution in [3.05, 3.63) is 65.2 Å². The average Bonchev–Trinajstić information content (AvgIpc) is 3.37. The van der Waals surface area contributed by atoms with Crippen LogP contribution in [0.2, 0.25) is 0 Å². The van der Waals surface area contributed by atoms with Crippen molar-refractivity contribution in [1.82, 2.24) is 14.5 Å². The summed E-state index contributed by atoms with van der Waals surface area (Å²) in [6.45, 7) is 5.32. The van der Waals surface area contributed by atoms with Gasteiger partial charge in [-0.25, -0.2) is 4.31 Å². The third-order valence-electron chi connectivity index (χ3n) is 7.01. The van der Waals surface area contributed by atoms with E-state index in [0.717, 1.165) is 51.0 Å². The lowest BCUT2D eigenvalue weighted by Crippen LogP contribution is -2.54. The van der Waals surface area contributed by atoms with Crippen LogP contribution in [0, 0.1) is 13.8 Å². The second kappa shape index (κ2) is 12.6. The lowest BCUT2D eigenvalue weighted by Gasteiger charge is -2.33. The maximum absolute atomic E-state index is 13.8. The van der Waals surface area contributed by atoms with Gasteiger partial charge in [0.15, 0.2) is 0 Å². The summed E-state index contributed by atoms with van der Waals surface area (Å²) in [5, 5.41) is 3.09. The fraction of sp³-hybridized carbons (Fsp3) is 0.500. The van der Waals surface area contributed by atoms with Crippen LogP contribution in [0.5, 0.6) is 0 Å². The molecular formula is C28H40N4O4S. The van der Waals surface area contributed by atoms with Crippen molar-refractivity contribution in [3.63, 3.8) is 0 Å². The highest BCUT2D eigenvalue weighted by Gasteiger charge is 2.33. The van der Waals surface area contributed by atoms with Crippen LogP contribution < -0.4 is 9.62 Å². The Bertz CT molecular complexity index is 1180. The van der Waals surface area contributed by atoms with E-state index in [1.807, 2.05) is 56.3 Å². The summed E-state index contributed by atoms with van der Waals surface area (Å²) in [6.07, 6.45) is 4.61.